The molecule has 0 aliphatic carbocycles. The molecular weight excluding hydrogens is 328 g/mol. The van der Waals surface area contributed by atoms with Gasteiger partial charge < -0.3 is 0 Å². The first-order valence-electron chi connectivity index (χ1n) is 5.53. The summed E-state index contributed by atoms with van der Waals surface area (Å²) >= 11 is 7.38. The van der Waals surface area contributed by atoms with Gasteiger partial charge in [-0.1, -0.05) is 73.4 Å². The molecule has 0 bridgehead atoms. The monoisotopic (exact) mass is 346 g/mol. The molecule has 0 aromatic heterocycles. The van der Waals surface area contributed by atoms with Crippen LogP contribution in [0.4, 0.5) is 0 Å². The molecule has 0 saturated heterocycles. The van der Waals surface area contributed by atoms with Gasteiger partial charge >= 0.3 is 0 Å². The van der Waals surface area contributed by atoms with Crippen LogP contribution in [-0.4, -0.2) is 0 Å². The van der Waals surface area contributed by atoms with Crippen molar-refractivity contribution in [2.24, 2.45) is 0 Å². The van der Waals surface area contributed by atoms with Gasteiger partial charge in [0.15, 0.2) is 0 Å². The van der Waals surface area contributed by atoms with Crippen LogP contribution in [0, 0.1) is 0 Å². The smallest absolute Gasteiger partial charge is 0.0250 e. The van der Waals surface area contributed by atoms with Crippen LogP contribution in [0.3, 0.4) is 0 Å². The van der Waals surface area contributed by atoms with E-state index in [9.17, 15) is 0 Å². The molecule has 1 aromatic rings. The summed E-state index contributed by atoms with van der Waals surface area (Å²) in [5.74, 6) is 0. The SMILES string of the molecule is CC(C)(C)c1cc(Br)cc(C(C)(C)C)c1Br. The summed E-state index contributed by atoms with van der Waals surface area (Å²) in [6.45, 7) is 13.5. The topological polar surface area (TPSA) is 0 Å². The highest BCUT2D eigenvalue weighted by Gasteiger charge is 2.24. The summed E-state index contributed by atoms with van der Waals surface area (Å²) in [5.41, 5.74) is 3.02. The van der Waals surface area contributed by atoms with Gasteiger partial charge in [0.2, 0.25) is 0 Å². The van der Waals surface area contributed by atoms with Crippen molar-refractivity contribution in [3.63, 3.8) is 0 Å². The van der Waals surface area contributed by atoms with Crippen molar-refractivity contribution in [2.75, 3.05) is 0 Å². The molecule has 1 aromatic carbocycles. The summed E-state index contributed by atoms with van der Waals surface area (Å²) in [6.07, 6.45) is 0. The zero-order chi connectivity index (χ0) is 12.7. The van der Waals surface area contributed by atoms with Gasteiger partial charge in [0.1, 0.15) is 0 Å². The van der Waals surface area contributed by atoms with Crippen LogP contribution in [0.25, 0.3) is 0 Å². The number of halogens is 2. The fourth-order valence-electron chi connectivity index (χ4n) is 1.68. The quantitative estimate of drug-likeness (QED) is 0.555. The maximum absolute atomic E-state index is 3.77. The third-order valence-corrected chi connectivity index (χ3v) is 3.97. The van der Waals surface area contributed by atoms with Crippen LogP contribution in [0.5, 0.6) is 0 Å². The number of rotatable bonds is 0. The molecular formula is C14H20Br2. The molecule has 0 nitrogen and oxygen atoms in total. The molecule has 0 fully saturated rings. The lowest BCUT2D eigenvalue weighted by molar-refractivity contribution is 0.562. The van der Waals surface area contributed by atoms with Gasteiger partial charge in [-0.25, -0.2) is 0 Å². The van der Waals surface area contributed by atoms with E-state index in [0.29, 0.717) is 0 Å². The summed E-state index contributed by atoms with van der Waals surface area (Å²) in [7, 11) is 0. The minimum atomic E-state index is 0.155. The Hall–Kier alpha value is 0.180. The van der Waals surface area contributed by atoms with E-state index in [1.54, 1.807) is 0 Å². The van der Waals surface area contributed by atoms with E-state index < -0.39 is 0 Å². The van der Waals surface area contributed by atoms with E-state index in [4.69, 9.17) is 0 Å². The van der Waals surface area contributed by atoms with Crippen LogP contribution in [0.2, 0.25) is 0 Å². The fourth-order valence-corrected chi connectivity index (χ4v) is 3.56. The lowest BCUT2D eigenvalue weighted by Crippen LogP contribution is -2.18. The molecule has 0 atom stereocenters. The van der Waals surface area contributed by atoms with Gasteiger partial charge in [0.05, 0.1) is 0 Å². The van der Waals surface area contributed by atoms with Crippen LogP contribution < -0.4 is 0 Å². The maximum atomic E-state index is 3.77. The molecule has 0 saturated carbocycles. The third kappa shape index (κ3) is 3.10. The molecule has 90 valence electrons. The zero-order valence-corrected chi connectivity index (χ0v) is 14.1. The minimum Gasteiger partial charge on any atom is -0.0560 e. The second-order valence-electron chi connectivity index (χ2n) is 6.31. The molecule has 16 heavy (non-hydrogen) atoms. The van der Waals surface area contributed by atoms with Crippen molar-refractivity contribution in [1.82, 2.24) is 0 Å². The zero-order valence-electron chi connectivity index (χ0n) is 10.9. The van der Waals surface area contributed by atoms with Crippen molar-refractivity contribution in [3.8, 4) is 0 Å². The summed E-state index contributed by atoms with van der Waals surface area (Å²) < 4.78 is 2.40. The average molecular weight is 348 g/mol. The van der Waals surface area contributed by atoms with Gasteiger partial charge in [-0.15, -0.1) is 0 Å². The Morgan fingerprint density at radius 1 is 0.750 bits per heavy atom. The molecule has 0 amide bonds. The first-order chi connectivity index (χ1) is 7.03. The van der Waals surface area contributed by atoms with Crippen molar-refractivity contribution in [3.05, 3.63) is 32.2 Å². The molecule has 1 rings (SSSR count). The Bertz CT molecular complexity index is 357. The molecule has 0 radical (unpaired) electrons. The number of hydrogen-bond donors (Lipinski definition) is 0. The van der Waals surface area contributed by atoms with E-state index >= 15 is 0 Å². The Labute approximate surface area is 116 Å². The number of hydrogen-bond acceptors (Lipinski definition) is 0. The largest absolute Gasteiger partial charge is 0.0560 e. The highest BCUT2D eigenvalue weighted by molar-refractivity contribution is 9.11. The summed E-state index contributed by atoms with van der Waals surface area (Å²) in [5, 5.41) is 0. The Morgan fingerprint density at radius 3 is 1.31 bits per heavy atom. The van der Waals surface area contributed by atoms with Crippen LogP contribution in [-0.2, 0) is 10.8 Å². The van der Waals surface area contributed by atoms with Crippen molar-refractivity contribution >= 4 is 31.9 Å². The predicted molar refractivity (Wildman–Crippen MR) is 79.2 cm³/mol. The molecule has 2 heteroatoms. The highest BCUT2D eigenvalue weighted by Crippen LogP contribution is 2.39. The molecule has 0 heterocycles. The minimum absolute atomic E-state index is 0.155. The first-order valence-corrected chi connectivity index (χ1v) is 7.12. The molecule has 0 unspecified atom stereocenters. The lowest BCUT2D eigenvalue weighted by atomic mass is 9.81. The summed E-state index contributed by atoms with van der Waals surface area (Å²) in [4.78, 5) is 0. The van der Waals surface area contributed by atoms with Crippen LogP contribution >= 0.6 is 31.9 Å². The van der Waals surface area contributed by atoms with E-state index in [0.717, 1.165) is 4.47 Å². The Kier molecular flexibility index (Phi) is 3.96. The van der Waals surface area contributed by atoms with E-state index in [1.807, 2.05) is 0 Å². The fraction of sp³-hybridized carbons (Fsp3) is 0.571. The van der Waals surface area contributed by atoms with Crippen molar-refractivity contribution in [2.45, 2.75) is 52.4 Å². The standard InChI is InChI=1S/C14H20Br2/c1-13(2,3)10-7-9(15)8-11(12(10)16)14(4,5)6/h7-8H,1-6H3. The van der Waals surface area contributed by atoms with E-state index in [2.05, 4.69) is 85.5 Å². The highest BCUT2D eigenvalue weighted by atomic mass is 79.9. The van der Waals surface area contributed by atoms with Gasteiger partial charge in [0, 0.05) is 8.95 Å². The van der Waals surface area contributed by atoms with Crippen molar-refractivity contribution in [1.29, 1.82) is 0 Å². The van der Waals surface area contributed by atoms with Crippen LogP contribution in [0.15, 0.2) is 21.1 Å². The van der Waals surface area contributed by atoms with Crippen molar-refractivity contribution < 1.29 is 0 Å². The molecule has 0 aliphatic heterocycles. The maximum Gasteiger partial charge on any atom is 0.0250 e. The third-order valence-electron chi connectivity index (χ3n) is 2.65. The van der Waals surface area contributed by atoms with Gasteiger partial charge in [-0.05, 0) is 34.1 Å². The Morgan fingerprint density at radius 2 is 1.06 bits per heavy atom. The second-order valence-corrected chi connectivity index (χ2v) is 8.02. The van der Waals surface area contributed by atoms with Gasteiger partial charge in [-0.3, -0.25) is 0 Å². The van der Waals surface area contributed by atoms with Gasteiger partial charge in [0.25, 0.3) is 0 Å². The van der Waals surface area contributed by atoms with E-state index in [-0.39, 0.29) is 10.8 Å². The normalized spacial score (nSPS) is 13.0. The molecule has 0 spiro atoms. The van der Waals surface area contributed by atoms with Crippen LogP contribution in [0.1, 0.15) is 52.7 Å². The molecule has 0 N–H and O–H groups in total. The second kappa shape index (κ2) is 4.45. The predicted octanol–water partition coefficient (Wildman–Crippen LogP) is 5.81. The van der Waals surface area contributed by atoms with E-state index in [1.165, 1.54) is 15.6 Å². The first kappa shape index (κ1) is 14.2. The Balaban J connectivity index is 3.51. The molecule has 0 aliphatic rings. The summed E-state index contributed by atoms with van der Waals surface area (Å²) in [6, 6.07) is 4.42. The number of benzene rings is 1. The average Bonchev–Trinajstić information content (AvgIpc) is 2.04. The lowest BCUT2D eigenvalue weighted by Gasteiger charge is -2.28. The van der Waals surface area contributed by atoms with Gasteiger partial charge in [-0.2, -0.15) is 0 Å².